The molecular weight excluding hydrogens is 360 g/mol. The molecule has 1 aromatic carbocycles. The van der Waals surface area contributed by atoms with Gasteiger partial charge in [0.2, 0.25) is 0 Å². The molecule has 28 heavy (non-hydrogen) atoms. The maximum atomic E-state index is 10.4. The Morgan fingerprint density at radius 1 is 1.11 bits per heavy atom. The van der Waals surface area contributed by atoms with Crippen molar-refractivity contribution in [3.8, 4) is 0 Å². The van der Waals surface area contributed by atoms with Crippen molar-refractivity contribution < 1.29 is 24.9 Å². The predicted molar refractivity (Wildman–Crippen MR) is 108 cm³/mol. The van der Waals surface area contributed by atoms with Crippen LogP contribution in [0.4, 0.5) is 0 Å². The van der Waals surface area contributed by atoms with E-state index in [1.165, 1.54) is 54.3 Å². The van der Waals surface area contributed by atoms with Crippen LogP contribution in [0.1, 0.15) is 43.4 Å². The largest absolute Gasteiger partial charge is 0.473 e. The number of aromatic nitrogens is 1. The smallest absolute Gasteiger partial charge is 0.414 e. The van der Waals surface area contributed by atoms with E-state index in [2.05, 4.69) is 48.0 Å². The molecule has 7 nitrogen and oxygen atoms in total. The van der Waals surface area contributed by atoms with Gasteiger partial charge in [-0.2, -0.15) is 0 Å². The number of hydrogen-bond donors (Lipinski definition) is 4. The van der Waals surface area contributed by atoms with E-state index in [9.17, 15) is 5.11 Å². The summed E-state index contributed by atoms with van der Waals surface area (Å²) in [7, 11) is 0. The number of fused-ring (bicyclic) bond motifs is 1. The Labute approximate surface area is 165 Å². The minimum Gasteiger partial charge on any atom is -0.473 e. The molecule has 0 bridgehead atoms. The molecule has 1 saturated carbocycles. The first-order chi connectivity index (χ1) is 13.3. The van der Waals surface area contributed by atoms with E-state index in [1.807, 2.05) is 0 Å². The van der Waals surface area contributed by atoms with Crippen molar-refractivity contribution in [1.29, 1.82) is 0 Å². The van der Waals surface area contributed by atoms with Crippen molar-refractivity contribution in [3.05, 3.63) is 35.5 Å². The van der Waals surface area contributed by atoms with Gasteiger partial charge in [-0.15, -0.1) is 0 Å². The van der Waals surface area contributed by atoms with Gasteiger partial charge >= 0.3 is 11.9 Å². The Morgan fingerprint density at radius 2 is 1.71 bits per heavy atom. The van der Waals surface area contributed by atoms with Gasteiger partial charge in [0.1, 0.15) is 0 Å². The van der Waals surface area contributed by atoms with E-state index in [0.29, 0.717) is 19.1 Å². The fourth-order valence-electron chi connectivity index (χ4n) is 3.72. The zero-order valence-electron chi connectivity index (χ0n) is 16.5. The number of aliphatic hydroxyl groups excluding tert-OH is 1. The molecule has 0 aliphatic heterocycles. The van der Waals surface area contributed by atoms with Crippen LogP contribution in [0.3, 0.4) is 0 Å². The van der Waals surface area contributed by atoms with Gasteiger partial charge in [-0.1, -0.05) is 37.5 Å². The summed E-state index contributed by atoms with van der Waals surface area (Å²) in [5.74, 6) is -3.65. The number of benzene rings is 1. The number of carboxylic acids is 2. The molecule has 1 unspecified atom stereocenters. The second-order valence-electron chi connectivity index (χ2n) is 7.35. The number of hydrogen-bond acceptors (Lipinski definition) is 4. The van der Waals surface area contributed by atoms with Crippen LogP contribution in [-0.4, -0.2) is 50.5 Å². The van der Waals surface area contributed by atoms with Crippen LogP contribution in [0.2, 0.25) is 0 Å². The van der Waals surface area contributed by atoms with Crippen LogP contribution in [0.25, 0.3) is 10.9 Å². The summed E-state index contributed by atoms with van der Waals surface area (Å²) in [5, 5.41) is 30.1. The van der Waals surface area contributed by atoms with Gasteiger partial charge in [-0.25, -0.2) is 9.59 Å². The van der Waals surface area contributed by atoms with Gasteiger partial charge in [-0.3, -0.25) is 0 Å². The molecule has 7 heteroatoms. The number of carboxylic acid groups (broad SMARTS) is 2. The molecule has 0 amide bonds. The number of nitrogens with one attached hydrogen (secondary N) is 1. The standard InChI is InChI=1S/C19H28N2O.C2H2O4/c1-14-15(2)21(19-11-7-6-10-18(14)19)13-17(22)12-20-16-8-4-3-5-9-16;3-1(4)2(5)6/h6-7,10-11,16-17,20,22H,3-5,8-9,12-13H2,1-2H3;(H,3,4)(H,5,6). The van der Waals surface area contributed by atoms with E-state index in [1.54, 1.807) is 0 Å². The highest BCUT2D eigenvalue weighted by atomic mass is 16.4. The van der Waals surface area contributed by atoms with Crippen LogP contribution in [0.5, 0.6) is 0 Å². The zero-order chi connectivity index (χ0) is 20.7. The summed E-state index contributed by atoms with van der Waals surface area (Å²) in [6, 6.07) is 9.08. The van der Waals surface area contributed by atoms with Gasteiger partial charge in [0.15, 0.2) is 0 Å². The van der Waals surface area contributed by atoms with Crippen molar-refractivity contribution in [2.75, 3.05) is 6.54 Å². The van der Waals surface area contributed by atoms with E-state index < -0.39 is 11.9 Å². The lowest BCUT2D eigenvalue weighted by Crippen LogP contribution is -2.38. The van der Waals surface area contributed by atoms with E-state index >= 15 is 0 Å². The van der Waals surface area contributed by atoms with Crippen molar-refractivity contribution >= 4 is 22.8 Å². The highest BCUT2D eigenvalue weighted by Crippen LogP contribution is 2.25. The molecule has 1 fully saturated rings. The van der Waals surface area contributed by atoms with Crippen LogP contribution in [-0.2, 0) is 16.1 Å². The van der Waals surface area contributed by atoms with E-state index in [4.69, 9.17) is 19.8 Å². The molecule has 4 N–H and O–H groups in total. The van der Waals surface area contributed by atoms with Crippen LogP contribution < -0.4 is 5.32 Å². The second-order valence-corrected chi connectivity index (χ2v) is 7.35. The minimum absolute atomic E-state index is 0.337. The lowest BCUT2D eigenvalue weighted by atomic mass is 9.95. The summed E-state index contributed by atoms with van der Waals surface area (Å²) >= 11 is 0. The lowest BCUT2D eigenvalue weighted by Gasteiger charge is -2.24. The van der Waals surface area contributed by atoms with Gasteiger partial charge < -0.3 is 25.2 Å². The normalized spacial score (nSPS) is 15.7. The monoisotopic (exact) mass is 390 g/mol. The van der Waals surface area contributed by atoms with Crippen LogP contribution >= 0.6 is 0 Å². The summed E-state index contributed by atoms with van der Waals surface area (Å²) in [6.45, 7) is 5.67. The average molecular weight is 390 g/mol. The lowest BCUT2D eigenvalue weighted by molar-refractivity contribution is -0.159. The first-order valence-corrected chi connectivity index (χ1v) is 9.73. The topological polar surface area (TPSA) is 112 Å². The van der Waals surface area contributed by atoms with E-state index in [-0.39, 0.29) is 6.10 Å². The van der Waals surface area contributed by atoms with Crippen molar-refractivity contribution in [2.45, 2.75) is 64.6 Å². The molecule has 3 rings (SSSR count). The quantitative estimate of drug-likeness (QED) is 0.584. The molecule has 1 aliphatic carbocycles. The maximum Gasteiger partial charge on any atom is 0.414 e. The second kappa shape index (κ2) is 10.2. The number of carbonyl (C=O) groups is 2. The van der Waals surface area contributed by atoms with Crippen molar-refractivity contribution in [1.82, 2.24) is 9.88 Å². The summed E-state index contributed by atoms with van der Waals surface area (Å²) in [5.41, 5.74) is 3.81. The van der Waals surface area contributed by atoms with Crippen molar-refractivity contribution in [2.24, 2.45) is 0 Å². The Bertz CT molecular complexity index is 796. The third-order valence-electron chi connectivity index (χ3n) is 5.37. The molecule has 0 radical (unpaired) electrons. The van der Waals surface area contributed by atoms with Gasteiger partial charge in [0, 0.05) is 29.2 Å². The summed E-state index contributed by atoms with van der Waals surface area (Å²) in [6.07, 6.45) is 6.21. The first kappa shape index (κ1) is 21.9. The number of aryl methyl sites for hydroxylation is 1. The van der Waals surface area contributed by atoms with Crippen molar-refractivity contribution in [3.63, 3.8) is 0 Å². The van der Waals surface area contributed by atoms with E-state index in [0.717, 1.165) is 0 Å². The fraction of sp³-hybridized carbons (Fsp3) is 0.524. The minimum atomic E-state index is -1.82. The van der Waals surface area contributed by atoms with Gasteiger partial charge in [0.25, 0.3) is 0 Å². The molecule has 1 aliphatic rings. The Hall–Kier alpha value is -2.38. The number of aliphatic hydroxyl groups is 1. The SMILES string of the molecule is Cc1c(C)n(CC(O)CNC2CCCCC2)c2ccccc12.O=C(O)C(=O)O. The van der Waals surface area contributed by atoms with Gasteiger partial charge in [-0.05, 0) is 38.3 Å². The fourth-order valence-corrected chi connectivity index (χ4v) is 3.72. The first-order valence-electron chi connectivity index (χ1n) is 9.73. The number of aliphatic carboxylic acids is 2. The summed E-state index contributed by atoms with van der Waals surface area (Å²) < 4.78 is 2.26. The molecule has 2 aromatic rings. The highest BCUT2D eigenvalue weighted by molar-refractivity contribution is 6.27. The molecule has 154 valence electrons. The average Bonchev–Trinajstić information content (AvgIpc) is 2.93. The highest BCUT2D eigenvalue weighted by Gasteiger charge is 2.16. The predicted octanol–water partition coefficient (Wildman–Crippen LogP) is 2.70. The number of nitrogens with zero attached hydrogens (tertiary/aromatic N) is 1. The molecule has 1 aromatic heterocycles. The Kier molecular flexibility index (Phi) is 8.02. The molecular formula is C21H30N2O5. The van der Waals surface area contributed by atoms with Crippen LogP contribution in [0, 0.1) is 13.8 Å². The zero-order valence-corrected chi connectivity index (χ0v) is 16.5. The molecule has 0 saturated heterocycles. The van der Waals surface area contributed by atoms with Crippen LogP contribution in [0.15, 0.2) is 24.3 Å². The Morgan fingerprint density at radius 3 is 2.32 bits per heavy atom. The molecule has 0 spiro atoms. The number of rotatable bonds is 5. The third-order valence-corrected chi connectivity index (χ3v) is 5.37. The molecule has 1 heterocycles. The maximum absolute atomic E-state index is 10.4. The van der Waals surface area contributed by atoms with Gasteiger partial charge in [0.05, 0.1) is 12.6 Å². The third kappa shape index (κ3) is 5.81. The molecule has 1 atom stereocenters. The number of para-hydroxylation sites is 1. The Balaban J connectivity index is 0.000000409. The summed E-state index contributed by atoms with van der Waals surface area (Å²) in [4.78, 5) is 18.2.